The average Bonchev–Trinajstić information content (AvgIpc) is 2.42. The molecule has 0 aliphatic rings. The summed E-state index contributed by atoms with van der Waals surface area (Å²) < 4.78 is 64.1. The van der Waals surface area contributed by atoms with E-state index in [1.807, 2.05) is 0 Å². The second-order valence-corrected chi connectivity index (χ2v) is 5.86. The van der Waals surface area contributed by atoms with E-state index in [4.69, 9.17) is 17.1 Å². The maximum absolute atomic E-state index is 13.0. The Morgan fingerprint density at radius 2 is 1.96 bits per heavy atom. The van der Waals surface area contributed by atoms with Crippen molar-refractivity contribution in [2.24, 2.45) is 0 Å². The van der Waals surface area contributed by atoms with Gasteiger partial charge in [-0.3, -0.25) is 9.35 Å². The molecule has 1 rings (SSSR count). The summed E-state index contributed by atoms with van der Waals surface area (Å²) in [5.41, 5.74) is 0.101. The molecule has 0 amide bonds. The molecule has 0 aromatic heterocycles. The Morgan fingerprint density at radius 3 is 2.43 bits per heavy atom. The number of carbonyl (C=O) groups is 2. The number of halogens is 2. The molecule has 0 fully saturated rings. The lowest BCUT2D eigenvalue weighted by molar-refractivity contribution is -0.131. The van der Waals surface area contributed by atoms with Gasteiger partial charge in [-0.25, -0.2) is 4.79 Å². The fourth-order valence-corrected chi connectivity index (χ4v) is 1.61. The van der Waals surface area contributed by atoms with Gasteiger partial charge in [-0.15, -0.1) is 0 Å². The third-order valence-corrected chi connectivity index (χ3v) is 3.38. The van der Waals surface area contributed by atoms with Gasteiger partial charge in [-0.2, -0.15) is 17.2 Å². The molecule has 0 aliphatic heterocycles. The lowest BCUT2D eigenvalue weighted by atomic mass is 9.96. The third kappa shape index (κ3) is 5.00. The van der Waals surface area contributed by atoms with Crippen LogP contribution in [0.25, 0.3) is 0 Å². The Labute approximate surface area is 131 Å². The maximum atomic E-state index is 13.0. The van der Waals surface area contributed by atoms with Gasteiger partial charge >= 0.3 is 27.3 Å². The Balaban J connectivity index is 3.02. The van der Waals surface area contributed by atoms with Crippen LogP contribution in [0.1, 0.15) is 22.8 Å². The first-order chi connectivity index (χ1) is 10.5. The number of hydrogen-bond acceptors (Lipinski definition) is 6. The van der Waals surface area contributed by atoms with Gasteiger partial charge in [-0.1, -0.05) is 17.9 Å². The zero-order chi connectivity index (χ0) is 17.8. The van der Waals surface area contributed by atoms with Crippen LogP contribution in [-0.4, -0.2) is 44.6 Å². The van der Waals surface area contributed by atoms with E-state index in [2.05, 4.69) is 4.74 Å². The molecule has 23 heavy (non-hydrogen) atoms. The molecule has 0 heterocycles. The smallest absolute Gasteiger partial charge is 0.402 e. The van der Waals surface area contributed by atoms with Crippen molar-refractivity contribution in [1.82, 2.24) is 0 Å². The van der Waals surface area contributed by atoms with Crippen LogP contribution >= 0.6 is 0 Å². The van der Waals surface area contributed by atoms with Gasteiger partial charge in [0, 0.05) is 6.92 Å². The fraction of sp³-hybridized carbons (Fsp3) is 0.333. The number of hydrogen-bond donors (Lipinski definition) is 1. The van der Waals surface area contributed by atoms with Gasteiger partial charge in [0.15, 0.2) is 6.61 Å². The van der Waals surface area contributed by atoms with Crippen LogP contribution in [0, 0.1) is 0 Å². The summed E-state index contributed by atoms with van der Waals surface area (Å²) in [5, 5.41) is -4.67. The van der Waals surface area contributed by atoms with Crippen LogP contribution in [0.2, 0.25) is 0 Å². The van der Waals surface area contributed by atoms with Gasteiger partial charge in [0.05, 0.1) is 7.85 Å². The van der Waals surface area contributed by atoms with E-state index in [-0.39, 0.29) is 17.6 Å². The van der Waals surface area contributed by atoms with Crippen LogP contribution in [0.3, 0.4) is 0 Å². The summed E-state index contributed by atoms with van der Waals surface area (Å²) in [6.45, 7) is -0.848. The van der Waals surface area contributed by atoms with E-state index in [1.54, 1.807) is 0 Å². The maximum Gasteiger partial charge on any atom is 0.402 e. The first-order valence-corrected chi connectivity index (χ1v) is 7.45. The molecule has 0 saturated heterocycles. The molecule has 0 unspecified atom stereocenters. The zero-order valence-corrected chi connectivity index (χ0v) is 12.6. The predicted octanol–water partition coefficient (Wildman–Crippen LogP) is 0.918. The van der Waals surface area contributed by atoms with E-state index < -0.39 is 33.9 Å². The van der Waals surface area contributed by atoms with Crippen molar-refractivity contribution in [3.05, 3.63) is 29.3 Å². The quantitative estimate of drug-likeness (QED) is 0.352. The van der Waals surface area contributed by atoms with E-state index in [9.17, 15) is 26.8 Å². The number of benzene rings is 1. The van der Waals surface area contributed by atoms with Crippen molar-refractivity contribution >= 4 is 29.9 Å². The van der Waals surface area contributed by atoms with Crippen molar-refractivity contribution < 1.29 is 40.8 Å². The van der Waals surface area contributed by atoms with Crippen molar-refractivity contribution in [3.63, 3.8) is 0 Å². The molecule has 1 N–H and O–H groups in total. The first kappa shape index (κ1) is 19.0. The van der Waals surface area contributed by atoms with Gasteiger partial charge in [-0.05, 0) is 12.1 Å². The second-order valence-electron chi connectivity index (χ2n) is 4.32. The van der Waals surface area contributed by atoms with Crippen molar-refractivity contribution in [1.29, 1.82) is 0 Å². The molecule has 0 saturated carbocycles. The van der Waals surface area contributed by atoms with Crippen LogP contribution in [0.4, 0.5) is 8.78 Å². The molecule has 11 heteroatoms. The summed E-state index contributed by atoms with van der Waals surface area (Å²) in [6, 6.07) is 3.72. The monoisotopic (exact) mass is 348 g/mol. The van der Waals surface area contributed by atoms with E-state index in [1.165, 1.54) is 12.1 Å². The number of ether oxygens (including phenoxy) is 2. The summed E-state index contributed by atoms with van der Waals surface area (Å²) in [5.74, 6) is -2.43. The average molecular weight is 348 g/mol. The molecule has 0 spiro atoms. The Kier molecular flexibility index (Phi) is 5.83. The van der Waals surface area contributed by atoms with Gasteiger partial charge in [0.1, 0.15) is 11.3 Å². The van der Waals surface area contributed by atoms with Crippen LogP contribution in [0.5, 0.6) is 5.75 Å². The van der Waals surface area contributed by atoms with E-state index in [0.29, 0.717) is 5.56 Å². The van der Waals surface area contributed by atoms with Crippen molar-refractivity contribution in [3.8, 4) is 5.75 Å². The number of carbonyl (C=O) groups excluding carboxylic acids is 2. The lowest BCUT2D eigenvalue weighted by Gasteiger charge is -2.14. The molecule has 1 aromatic rings. The minimum absolute atomic E-state index is 0.0599. The second kappa shape index (κ2) is 7.05. The molecule has 0 atom stereocenters. The molecule has 0 aliphatic carbocycles. The summed E-state index contributed by atoms with van der Waals surface area (Å²) in [7, 11) is -0.343. The van der Waals surface area contributed by atoms with Crippen LogP contribution < -0.4 is 4.74 Å². The number of rotatable bonds is 6. The summed E-state index contributed by atoms with van der Waals surface area (Å²) in [6.07, 6.45) is 0.0599. The molecular formula is C12H11BF2O7S. The van der Waals surface area contributed by atoms with Gasteiger partial charge < -0.3 is 9.47 Å². The minimum atomic E-state index is -5.73. The molecule has 2 radical (unpaired) electrons. The molecular weight excluding hydrogens is 337 g/mol. The van der Waals surface area contributed by atoms with Gasteiger partial charge in [0.25, 0.3) is 0 Å². The Bertz CT molecular complexity index is 718. The molecule has 1 aromatic carbocycles. The largest absolute Gasteiger partial charge is 0.454 e. The van der Waals surface area contributed by atoms with E-state index in [0.717, 1.165) is 13.0 Å². The van der Waals surface area contributed by atoms with Crippen molar-refractivity contribution in [2.75, 3.05) is 6.61 Å². The minimum Gasteiger partial charge on any atom is -0.454 e. The fourth-order valence-electron chi connectivity index (χ4n) is 1.40. The summed E-state index contributed by atoms with van der Waals surface area (Å²) >= 11 is 0. The standard InChI is InChI=1S/C12H11BF2O7S/c1-7(16)22-10-4-8(5-13)2-3-9(10)11(17)21-6-12(14,15)23(18,19)20/h2-4H,5-6H2,1H3,(H,18,19,20). The normalized spacial score (nSPS) is 11.8. The Hall–Kier alpha value is -2.01. The highest BCUT2D eigenvalue weighted by atomic mass is 32.2. The van der Waals surface area contributed by atoms with Gasteiger partial charge in [0.2, 0.25) is 0 Å². The van der Waals surface area contributed by atoms with E-state index >= 15 is 0 Å². The summed E-state index contributed by atoms with van der Waals surface area (Å²) in [4.78, 5) is 22.8. The van der Waals surface area contributed by atoms with Crippen LogP contribution in [0.15, 0.2) is 18.2 Å². The number of alkyl halides is 2. The highest BCUT2D eigenvalue weighted by molar-refractivity contribution is 7.86. The molecule has 124 valence electrons. The third-order valence-electron chi connectivity index (χ3n) is 2.50. The van der Waals surface area contributed by atoms with Crippen molar-refractivity contribution in [2.45, 2.75) is 18.5 Å². The highest BCUT2D eigenvalue weighted by Gasteiger charge is 2.45. The zero-order valence-electron chi connectivity index (χ0n) is 11.8. The molecule has 7 nitrogen and oxygen atoms in total. The number of esters is 2. The van der Waals surface area contributed by atoms with Crippen LogP contribution in [-0.2, 0) is 26.0 Å². The lowest BCUT2D eigenvalue weighted by Crippen LogP contribution is -2.34. The SMILES string of the molecule is [B]Cc1ccc(C(=O)OCC(F)(F)S(=O)(=O)O)c(OC(C)=O)c1. The first-order valence-electron chi connectivity index (χ1n) is 6.01. The Morgan fingerprint density at radius 1 is 1.35 bits per heavy atom. The highest BCUT2D eigenvalue weighted by Crippen LogP contribution is 2.25. The predicted molar refractivity (Wildman–Crippen MR) is 74.0 cm³/mol. The molecule has 0 bridgehead atoms. The topological polar surface area (TPSA) is 107 Å².